The number of benzene rings is 1. The fraction of sp³-hybridized carbons (Fsp3) is 0.533. The van der Waals surface area contributed by atoms with E-state index in [0.717, 1.165) is 19.4 Å². The van der Waals surface area contributed by atoms with Crippen LogP contribution in [0.4, 0.5) is 4.39 Å². The standard InChI is InChI=1S/C15H20FNO/c1-11(2)10-15(18)17-9-5-8-14(17)12-6-3-4-7-13(12)16/h3-4,6-7,11,14H,5,8-10H2,1-2H3/t14-/m1/s1. The van der Waals surface area contributed by atoms with Crippen LogP contribution >= 0.6 is 0 Å². The first kappa shape index (κ1) is 13.1. The van der Waals surface area contributed by atoms with Gasteiger partial charge in [0.25, 0.3) is 0 Å². The van der Waals surface area contributed by atoms with Crippen molar-refractivity contribution < 1.29 is 9.18 Å². The monoisotopic (exact) mass is 249 g/mol. The Labute approximate surface area is 108 Å². The number of carbonyl (C=O) groups excluding carboxylic acids is 1. The van der Waals surface area contributed by atoms with Crippen molar-refractivity contribution in [3.63, 3.8) is 0 Å². The van der Waals surface area contributed by atoms with Crippen LogP contribution in [0.25, 0.3) is 0 Å². The predicted molar refractivity (Wildman–Crippen MR) is 69.5 cm³/mol. The molecule has 1 aromatic rings. The van der Waals surface area contributed by atoms with E-state index in [1.54, 1.807) is 12.1 Å². The molecular formula is C15H20FNO. The van der Waals surface area contributed by atoms with Crippen LogP contribution in [0.3, 0.4) is 0 Å². The fourth-order valence-electron chi connectivity index (χ4n) is 2.60. The van der Waals surface area contributed by atoms with Gasteiger partial charge in [-0.05, 0) is 24.8 Å². The second-order valence-electron chi connectivity index (χ2n) is 5.36. The van der Waals surface area contributed by atoms with Crippen molar-refractivity contribution >= 4 is 5.91 Å². The number of amides is 1. The van der Waals surface area contributed by atoms with Gasteiger partial charge in [0, 0.05) is 18.5 Å². The molecule has 0 radical (unpaired) electrons. The van der Waals surface area contributed by atoms with Crippen LogP contribution in [0.1, 0.15) is 44.7 Å². The molecule has 0 spiro atoms. The molecule has 3 heteroatoms. The fourth-order valence-corrected chi connectivity index (χ4v) is 2.60. The van der Waals surface area contributed by atoms with Crippen molar-refractivity contribution in [1.29, 1.82) is 0 Å². The van der Waals surface area contributed by atoms with Gasteiger partial charge >= 0.3 is 0 Å². The van der Waals surface area contributed by atoms with E-state index in [-0.39, 0.29) is 17.8 Å². The second kappa shape index (κ2) is 5.51. The lowest BCUT2D eigenvalue weighted by Crippen LogP contribution is -2.31. The highest BCUT2D eigenvalue weighted by Gasteiger charge is 2.31. The summed E-state index contributed by atoms with van der Waals surface area (Å²) in [5.74, 6) is 0.293. The normalized spacial score (nSPS) is 19.6. The van der Waals surface area contributed by atoms with Crippen LogP contribution < -0.4 is 0 Å². The van der Waals surface area contributed by atoms with Gasteiger partial charge in [-0.1, -0.05) is 32.0 Å². The van der Waals surface area contributed by atoms with Crippen molar-refractivity contribution in [2.24, 2.45) is 5.92 Å². The third kappa shape index (κ3) is 2.71. The van der Waals surface area contributed by atoms with Gasteiger partial charge in [-0.3, -0.25) is 4.79 Å². The SMILES string of the molecule is CC(C)CC(=O)N1CCC[C@@H]1c1ccccc1F. The molecule has 0 bridgehead atoms. The molecule has 2 rings (SSSR count). The molecule has 0 saturated carbocycles. The summed E-state index contributed by atoms with van der Waals surface area (Å²) < 4.78 is 13.8. The minimum atomic E-state index is -0.202. The Morgan fingerprint density at radius 2 is 2.17 bits per heavy atom. The molecule has 18 heavy (non-hydrogen) atoms. The van der Waals surface area contributed by atoms with Gasteiger partial charge in [-0.2, -0.15) is 0 Å². The van der Waals surface area contributed by atoms with E-state index >= 15 is 0 Å². The number of rotatable bonds is 3. The molecule has 0 unspecified atom stereocenters. The summed E-state index contributed by atoms with van der Waals surface area (Å²) in [5, 5.41) is 0. The number of carbonyl (C=O) groups is 1. The Bertz CT molecular complexity index is 430. The summed E-state index contributed by atoms with van der Waals surface area (Å²) in [6.07, 6.45) is 2.37. The number of hydrogen-bond donors (Lipinski definition) is 0. The van der Waals surface area contributed by atoms with Gasteiger partial charge in [-0.25, -0.2) is 4.39 Å². The van der Waals surface area contributed by atoms with E-state index in [0.29, 0.717) is 17.9 Å². The predicted octanol–water partition coefficient (Wildman–Crippen LogP) is 3.54. The topological polar surface area (TPSA) is 20.3 Å². The Hall–Kier alpha value is -1.38. The first-order valence-corrected chi connectivity index (χ1v) is 6.63. The first-order chi connectivity index (χ1) is 8.59. The highest BCUT2D eigenvalue weighted by Crippen LogP contribution is 2.34. The summed E-state index contributed by atoms with van der Waals surface area (Å²) in [6.45, 7) is 4.82. The number of halogens is 1. The zero-order chi connectivity index (χ0) is 13.1. The maximum absolute atomic E-state index is 13.8. The molecule has 1 atom stereocenters. The zero-order valence-corrected chi connectivity index (χ0v) is 11.0. The lowest BCUT2D eigenvalue weighted by molar-refractivity contribution is -0.132. The Kier molecular flexibility index (Phi) is 4.00. The summed E-state index contributed by atoms with van der Waals surface area (Å²) in [7, 11) is 0. The van der Waals surface area contributed by atoms with Gasteiger partial charge in [0.1, 0.15) is 5.82 Å². The van der Waals surface area contributed by atoms with Crippen molar-refractivity contribution in [1.82, 2.24) is 4.90 Å². The third-order valence-electron chi connectivity index (χ3n) is 3.42. The molecule has 2 nitrogen and oxygen atoms in total. The van der Waals surface area contributed by atoms with Gasteiger partial charge in [0.15, 0.2) is 0 Å². The smallest absolute Gasteiger partial charge is 0.223 e. The molecule has 0 aromatic heterocycles. The van der Waals surface area contributed by atoms with E-state index in [1.807, 2.05) is 24.8 Å². The van der Waals surface area contributed by atoms with Crippen LogP contribution in [0, 0.1) is 11.7 Å². The molecule has 1 fully saturated rings. The van der Waals surface area contributed by atoms with Gasteiger partial charge in [0.05, 0.1) is 6.04 Å². The Morgan fingerprint density at radius 3 is 2.83 bits per heavy atom. The van der Waals surface area contributed by atoms with Crippen LogP contribution in [-0.2, 0) is 4.79 Å². The lowest BCUT2D eigenvalue weighted by atomic mass is 10.0. The Balaban J connectivity index is 2.18. The van der Waals surface area contributed by atoms with Crippen LogP contribution in [0.2, 0.25) is 0 Å². The summed E-state index contributed by atoms with van der Waals surface area (Å²) in [4.78, 5) is 14.0. The highest BCUT2D eigenvalue weighted by atomic mass is 19.1. The van der Waals surface area contributed by atoms with E-state index in [2.05, 4.69) is 0 Å². The maximum Gasteiger partial charge on any atom is 0.223 e. The average Bonchev–Trinajstić information content (AvgIpc) is 2.77. The summed E-state index contributed by atoms with van der Waals surface area (Å²) in [6, 6.07) is 6.72. The average molecular weight is 249 g/mol. The van der Waals surface area contributed by atoms with Crippen molar-refractivity contribution in [3.8, 4) is 0 Å². The molecule has 1 aliphatic rings. The van der Waals surface area contributed by atoms with Crippen molar-refractivity contribution in [3.05, 3.63) is 35.6 Å². The Morgan fingerprint density at radius 1 is 1.44 bits per heavy atom. The van der Waals surface area contributed by atoms with Crippen LogP contribution in [-0.4, -0.2) is 17.4 Å². The number of nitrogens with zero attached hydrogens (tertiary/aromatic N) is 1. The van der Waals surface area contributed by atoms with Crippen LogP contribution in [0.5, 0.6) is 0 Å². The summed E-state index contributed by atoms with van der Waals surface area (Å²) >= 11 is 0. The minimum Gasteiger partial charge on any atom is -0.336 e. The lowest BCUT2D eigenvalue weighted by Gasteiger charge is -2.26. The molecule has 98 valence electrons. The number of hydrogen-bond acceptors (Lipinski definition) is 1. The van der Waals surface area contributed by atoms with E-state index < -0.39 is 0 Å². The molecule has 1 aliphatic heterocycles. The van der Waals surface area contributed by atoms with Crippen LogP contribution in [0.15, 0.2) is 24.3 Å². The van der Waals surface area contributed by atoms with E-state index in [4.69, 9.17) is 0 Å². The molecule has 1 amide bonds. The third-order valence-corrected chi connectivity index (χ3v) is 3.42. The largest absolute Gasteiger partial charge is 0.336 e. The van der Waals surface area contributed by atoms with Crippen molar-refractivity contribution in [2.45, 2.75) is 39.2 Å². The molecule has 1 heterocycles. The van der Waals surface area contributed by atoms with Gasteiger partial charge < -0.3 is 4.90 Å². The molecule has 0 N–H and O–H groups in total. The van der Waals surface area contributed by atoms with Gasteiger partial charge in [-0.15, -0.1) is 0 Å². The molecule has 0 aliphatic carbocycles. The molecular weight excluding hydrogens is 229 g/mol. The summed E-state index contributed by atoms with van der Waals surface area (Å²) in [5.41, 5.74) is 0.659. The first-order valence-electron chi connectivity index (χ1n) is 6.63. The van der Waals surface area contributed by atoms with E-state index in [1.165, 1.54) is 6.07 Å². The van der Waals surface area contributed by atoms with Crippen molar-refractivity contribution in [2.75, 3.05) is 6.54 Å². The molecule has 1 aromatic carbocycles. The molecule has 1 saturated heterocycles. The maximum atomic E-state index is 13.8. The number of likely N-dealkylation sites (tertiary alicyclic amines) is 1. The van der Waals surface area contributed by atoms with E-state index in [9.17, 15) is 9.18 Å². The van der Waals surface area contributed by atoms with Gasteiger partial charge in [0.2, 0.25) is 5.91 Å². The highest BCUT2D eigenvalue weighted by molar-refractivity contribution is 5.77. The quantitative estimate of drug-likeness (QED) is 0.802. The minimum absolute atomic E-state index is 0.0718. The second-order valence-corrected chi connectivity index (χ2v) is 5.36. The zero-order valence-electron chi connectivity index (χ0n) is 11.0.